The predicted molar refractivity (Wildman–Crippen MR) is 123 cm³/mol. The fraction of sp³-hybridized carbons (Fsp3) is 0.0435. The summed E-state index contributed by atoms with van der Waals surface area (Å²) in [4.78, 5) is 19.3. The van der Waals surface area contributed by atoms with Crippen LogP contribution in [0.2, 0.25) is 10.0 Å². The van der Waals surface area contributed by atoms with E-state index in [0.717, 1.165) is 5.56 Å². The summed E-state index contributed by atoms with van der Waals surface area (Å²) in [5.41, 5.74) is 2.72. The molecule has 0 saturated carbocycles. The largest absolute Gasteiger partial charge is 0.283 e. The zero-order valence-electron chi connectivity index (χ0n) is 15.6. The smallest absolute Gasteiger partial charge is 0.266 e. The quantitative estimate of drug-likeness (QED) is 0.403. The van der Waals surface area contributed by atoms with Gasteiger partial charge in [0.1, 0.15) is 11.5 Å². The zero-order valence-corrected chi connectivity index (χ0v) is 17.9. The molecule has 3 nitrogen and oxygen atoms in total. The molecule has 0 saturated heterocycles. The molecule has 0 unspecified atom stereocenters. The lowest BCUT2D eigenvalue weighted by Gasteiger charge is -2.18. The number of halogens is 3. The van der Waals surface area contributed by atoms with Crippen LogP contribution in [0.25, 0.3) is 6.08 Å². The summed E-state index contributed by atoms with van der Waals surface area (Å²) in [5.74, 6) is 0.0395. The van der Waals surface area contributed by atoms with Gasteiger partial charge in [0, 0.05) is 15.8 Å². The number of thioether (sulfide) groups is 1. The average Bonchev–Trinajstić information content (AvgIpc) is 3.05. The first-order chi connectivity index (χ1) is 14.5. The number of nitrogens with zero attached hydrogens (tertiary/aromatic N) is 2. The Balaban J connectivity index is 1.65. The number of amidine groups is 1. The highest BCUT2D eigenvalue weighted by Gasteiger charge is 2.32. The van der Waals surface area contributed by atoms with E-state index < -0.39 is 0 Å². The molecule has 1 aliphatic rings. The highest BCUT2D eigenvalue weighted by Crippen LogP contribution is 2.31. The highest BCUT2D eigenvalue weighted by atomic mass is 35.5. The van der Waals surface area contributed by atoms with Crippen molar-refractivity contribution in [3.8, 4) is 0 Å². The van der Waals surface area contributed by atoms with Crippen LogP contribution in [0.1, 0.15) is 11.1 Å². The lowest BCUT2D eigenvalue weighted by molar-refractivity contribution is -0.113. The van der Waals surface area contributed by atoms with Gasteiger partial charge in [0.15, 0.2) is 5.17 Å². The maximum Gasteiger partial charge on any atom is 0.283 e. The van der Waals surface area contributed by atoms with Crippen LogP contribution in [0.4, 0.5) is 10.1 Å². The van der Waals surface area contributed by atoms with Crippen molar-refractivity contribution in [3.63, 3.8) is 0 Å². The van der Waals surface area contributed by atoms with Gasteiger partial charge in [-0.05, 0) is 65.7 Å². The summed E-state index contributed by atoms with van der Waals surface area (Å²) in [7, 11) is 0. The summed E-state index contributed by atoms with van der Waals surface area (Å²) in [6.45, 7) is 0. The second-order valence-electron chi connectivity index (χ2n) is 6.51. The third-order valence-electron chi connectivity index (χ3n) is 4.37. The molecule has 1 aliphatic heterocycles. The third kappa shape index (κ3) is 4.75. The van der Waals surface area contributed by atoms with Crippen molar-refractivity contribution in [2.45, 2.75) is 5.75 Å². The second kappa shape index (κ2) is 9.04. The molecule has 0 aliphatic carbocycles. The summed E-state index contributed by atoms with van der Waals surface area (Å²) in [6.07, 6.45) is 1.65. The Hall–Kier alpha value is -2.60. The molecule has 30 heavy (non-hydrogen) atoms. The highest BCUT2D eigenvalue weighted by molar-refractivity contribution is 8.13. The molecule has 7 heteroatoms. The topological polar surface area (TPSA) is 32.7 Å². The number of benzene rings is 3. The van der Waals surface area contributed by atoms with Crippen LogP contribution in [-0.4, -0.2) is 11.1 Å². The van der Waals surface area contributed by atoms with Gasteiger partial charge in [0.2, 0.25) is 0 Å². The molecule has 3 aromatic carbocycles. The third-order valence-corrected chi connectivity index (χ3v) is 5.88. The lowest BCUT2D eigenvalue weighted by atomic mass is 10.2. The van der Waals surface area contributed by atoms with Gasteiger partial charge in [-0.2, -0.15) is 0 Å². The van der Waals surface area contributed by atoms with Gasteiger partial charge >= 0.3 is 0 Å². The van der Waals surface area contributed by atoms with Gasteiger partial charge < -0.3 is 0 Å². The van der Waals surface area contributed by atoms with Crippen LogP contribution in [0, 0.1) is 5.82 Å². The predicted octanol–water partition coefficient (Wildman–Crippen LogP) is 6.81. The normalized spacial score (nSPS) is 15.0. The van der Waals surface area contributed by atoms with Crippen LogP contribution in [0.15, 0.2) is 83.5 Å². The van der Waals surface area contributed by atoms with E-state index in [0.29, 0.717) is 32.2 Å². The Morgan fingerprint density at radius 1 is 0.900 bits per heavy atom. The molecule has 0 spiro atoms. The molecule has 0 atom stereocenters. The molecule has 0 fully saturated rings. The first kappa shape index (κ1) is 20.7. The maximum atomic E-state index is 13.2. The van der Waals surface area contributed by atoms with Gasteiger partial charge in [0.25, 0.3) is 5.91 Å². The molecule has 1 heterocycles. The van der Waals surface area contributed by atoms with Gasteiger partial charge in [-0.1, -0.05) is 59.2 Å². The number of carbonyl (C=O) groups is 1. The number of rotatable bonds is 4. The Morgan fingerprint density at radius 3 is 2.13 bits per heavy atom. The van der Waals surface area contributed by atoms with Crippen LogP contribution in [0.3, 0.4) is 0 Å². The van der Waals surface area contributed by atoms with E-state index in [1.807, 2.05) is 24.3 Å². The van der Waals surface area contributed by atoms with Crippen molar-refractivity contribution in [3.05, 3.63) is 105 Å². The summed E-state index contributed by atoms with van der Waals surface area (Å²) < 4.78 is 13.2. The fourth-order valence-electron chi connectivity index (χ4n) is 2.86. The molecular formula is C23H15Cl2FN2OS. The van der Waals surface area contributed by atoms with Crippen molar-refractivity contribution < 1.29 is 9.18 Å². The van der Waals surface area contributed by atoms with Crippen LogP contribution in [-0.2, 0) is 10.5 Å². The van der Waals surface area contributed by atoms with Crippen LogP contribution < -0.4 is 4.90 Å². The molecule has 0 N–H and O–H groups in total. The van der Waals surface area contributed by atoms with Gasteiger partial charge in [-0.15, -0.1) is 0 Å². The Bertz CT molecular complexity index is 1130. The van der Waals surface area contributed by atoms with Gasteiger partial charge in [-0.25, -0.2) is 9.38 Å². The Morgan fingerprint density at radius 2 is 1.50 bits per heavy atom. The first-order valence-electron chi connectivity index (χ1n) is 9.03. The molecule has 1 amide bonds. The number of hydrogen-bond donors (Lipinski definition) is 0. The van der Waals surface area contributed by atoms with Crippen LogP contribution in [0.5, 0.6) is 0 Å². The average molecular weight is 457 g/mol. The second-order valence-corrected chi connectivity index (χ2v) is 8.32. The SMILES string of the molecule is O=C1/C(=C\c2ccc(F)cc2)N=C(SCc2ccc(Cl)cc2)N1c1ccc(Cl)cc1. The van der Waals surface area contributed by atoms with Crippen LogP contribution >= 0.6 is 35.0 Å². The molecule has 4 rings (SSSR count). The maximum absolute atomic E-state index is 13.2. The molecule has 3 aromatic rings. The minimum Gasteiger partial charge on any atom is -0.266 e. The van der Waals surface area contributed by atoms with Crippen molar-refractivity contribution in [1.29, 1.82) is 0 Å². The molecular weight excluding hydrogens is 442 g/mol. The Labute approximate surface area is 187 Å². The number of hydrogen-bond acceptors (Lipinski definition) is 3. The number of amides is 1. The number of carbonyl (C=O) groups excluding carboxylic acids is 1. The summed E-state index contributed by atoms with van der Waals surface area (Å²) in [6, 6.07) is 20.5. The molecule has 0 radical (unpaired) electrons. The number of anilines is 1. The van der Waals surface area contributed by atoms with Gasteiger partial charge in [-0.3, -0.25) is 9.69 Å². The summed E-state index contributed by atoms with van der Waals surface area (Å²) >= 11 is 13.4. The van der Waals surface area contributed by atoms with Crippen molar-refractivity contribution in [2.24, 2.45) is 4.99 Å². The monoisotopic (exact) mass is 456 g/mol. The van der Waals surface area contributed by atoms with E-state index >= 15 is 0 Å². The first-order valence-corrected chi connectivity index (χ1v) is 10.8. The van der Waals surface area contributed by atoms with E-state index in [2.05, 4.69) is 4.99 Å². The standard InChI is InChI=1S/C23H15Cl2FN2OS/c24-17-5-1-16(2-6-17)14-30-23-27-21(13-15-3-9-19(26)10-4-15)22(29)28(23)20-11-7-18(25)8-12-20/h1-13H,14H2/b21-13+. The zero-order chi connectivity index (χ0) is 21.1. The van der Waals surface area contributed by atoms with Crippen molar-refractivity contribution >= 4 is 57.8 Å². The van der Waals surface area contributed by atoms with E-state index in [-0.39, 0.29) is 17.4 Å². The lowest BCUT2D eigenvalue weighted by Crippen LogP contribution is -2.30. The minimum absolute atomic E-state index is 0.250. The molecule has 0 bridgehead atoms. The van der Waals surface area contributed by atoms with E-state index in [9.17, 15) is 9.18 Å². The molecule has 0 aromatic heterocycles. The van der Waals surface area contributed by atoms with Crippen molar-refractivity contribution in [2.75, 3.05) is 4.90 Å². The number of aliphatic imine (C=N–C) groups is 1. The molecule has 150 valence electrons. The Kier molecular flexibility index (Phi) is 6.23. The fourth-order valence-corrected chi connectivity index (χ4v) is 4.08. The van der Waals surface area contributed by atoms with E-state index in [1.165, 1.54) is 23.9 Å². The van der Waals surface area contributed by atoms with E-state index in [1.54, 1.807) is 47.4 Å². The van der Waals surface area contributed by atoms with Crippen molar-refractivity contribution in [1.82, 2.24) is 0 Å². The minimum atomic E-state index is -0.333. The van der Waals surface area contributed by atoms with E-state index in [4.69, 9.17) is 23.2 Å². The summed E-state index contributed by atoms with van der Waals surface area (Å²) in [5, 5.41) is 1.81. The van der Waals surface area contributed by atoms with Gasteiger partial charge in [0.05, 0.1) is 5.69 Å².